The Labute approximate surface area is 164 Å². The number of hydrogen-bond acceptors (Lipinski definition) is 5. The maximum atomic E-state index is 12.9. The summed E-state index contributed by atoms with van der Waals surface area (Å²) < 4.78 is 5.31. The Balaban J connectivity index is 1.36. The molecular weight excluding hydrogens is 354 g/mol. The molecule has 0 saturated carbocycles. The molecule has 146 valence electrons. The summed E-state index contributed by atoms with van der Waals surface area (Å²) >= 11 is 0. The van der Waals surface area contributed by atoms with Crippen molar-refractivity contribution < 1.29 is 9.53 Å². The highest BCUT2D eigenvalue weighted by Gasteiger charge is 2.26. The fourth-order valence-electron chi connectivity index (χ4n) is 3.88. The molecule has 0 bridgehead atoms. The molecule has 1 N–H and O–H groups in total. The van der Waals surface area contributed by atoms with E-state index in [1.165, 1.54) is 0 Å². The summed E-state index contributed by atoms with van der Waals surface area (Å²) in [6.45, 7) is 2.40. The number of ether oxygens (including phenoxy) is 1. The van der Waals surface area contributed by atoms with E-state index in [1.54, 1.807) is 19.5 Å². The van der Waals surface area contributed by atoms with Gasteiger partial charge in [0, 0.05) is 50.0 Å². The molecule has 3 heterocycles. The van der Waals surface area contributed by atoms with Crippen LogP contribution in [0.15, 0.2) is 42.7 Å². The lowest BCUT2D eigenvalue weighted by Crippen LogP contribution is -2.41. The Bertz CT molecular complexity index is 929. The Morgan fingerprint density at radius 2 is 2.00 bits per heavy atom. The summed E-state index contributed by atoms with van der Waals surface area (Å²) in [7, 11) is 3.62. The summed E-state index contributed by atoms with van der Waals surface area (Å²) in [5, 5.41) is 1.07. The molecule has 3 aromatic rings. The number of benzene rings is 1. The number of likely N-dealkylation sites (tertiary alicyclic amines) is 1. The van der Waals surface area contributed by atoms with Crippen LogP contribution in [0.4, 0.5) is 5.82 Å². The van der Waals surface area contributed by atoms with Gasteiger partial charge in [0.15, 0.2) is 5.82 Å². The van der Waals surface area contributed by atoms with E-state index >= 15 is 0 Å². The van der Waals surface area contributed by atoms with Crippen LogP contribution in [0.2, 0.25) is 0 Å². The molecule has 0 unspecified atom stereocenters. The van der Waals surface area contributed by atoms with Crippen molar-refractivity contribution in [3.63, 3.8) is 0 Å². The first-order valence-corrected chi connectivity index (χ1v) is 9.59. The molecule has 1 aromatic carbocycles. The number of methoxy groups -OCH3 is 1. The highest BCUT2D eigenvalue weighted by molar-refractivity contribution is 5.98. The van der Waals surface area contributed by atoms with Crippen molar-refractivity contribution in [3.05, 3.63) is 48.4 Å². The number of aromatic amines is 1. The molecule has 0 atom stereocenters. The van der Waals surface area contributed by atoms with Gasteiger partial charge < -0.3 is 19.5 Å². The third-order valence-electron chi connectivity index (χ3n) is 5.40. The molecule has 1 amide bonds. The highest BCUT2D eigenvalue weighted by Crippen LogP contribution is 2.25. The average Bonchev–Trinajstić information content (AvgIpc) is 3.18. The second kappa shape index (κ2) is 7.88. The molecule has 4 rings (SSSR count). The zero-order valence-corrected chi connectivity index (χ0v) is 16.3. The predicted octanol–water partition coefficient (Wildman–Crippen LogP) is 2.96. The lowest BCUT2D eigenvalue weighted by atomic mass is 9.96. The number of aromatic nitrogens is 3. The van der Waals surface area contributed by atoms with Gasteiger partial charge in [0.25, 0.3) is 11.8 Å². The van der Waals surface area contributed by atoms with Crippen LogP contribution in [0, 0.1) is 5.92 Å². The molecule has 1 saturated heterocycles. The third kappa shape index (κ3) is 3.65. The van der Waals surface area contributed by atoms with E-state index in [2.05, 4.69) is 19.9 Å². The Morgan fingerprint density at radius 1 is 1.25 bits per heavy atom. The van der Waals surface area contributed by atoms with Crippen LogP contribution in [0.1, 0.15) is 23.3 Å². The molecule has 2 aromatic heterocycles. The summed E-state index contributed by atoms with van der Waals surface area (Å²) in [6, 6.07) is 9.91. The number of carbonyl (C=O) groups excluding carboxylic acids is 1. The average molecular weight is 379 g/mol. The van der Waals surface area contributed by atoms with E-state index in [0.29, 0.717) is 17.5 Å². The van der Waals surface area contributed by atoms with Gasteiger partial charge in [0.1, 0.15) is 5.69 Å². The van der Waals surface area contributed by atoms with E-state index in [9.17, 15) is 4.79 Å². The van der Waals surface area contributed by atoms with E-state index < -0.39 is 0 Å². The second-order valence-corrected chi connectivity index (χ2v) is 7.28. The maximum absolute atomic E-state index is 12.9. The van der Waals surface area contributed by atoms with Gasteiger partial charge in [-0.1, -0.05) is 18.2 Å². The standard InChI is InChI=1S/C21H25N5O2/c1-25(19-20(28-2)23-10-9-22-19)14-15-7-11-26(12-8-15)21(27)18-13-16-5-3-4-6-17(16)24-18/h3-6,9-10,13,15,24H,7-8,11-12,14H2,1-2H3. The number of hydrogen-bond donors (Lipinski definition) is 1. The highest BCUT2D eigenvalue weighted by atomic mass is 16.5. The van der Waals surface area contributed by atoms with Crippen LogP contribution >= 0.6 is 0 Å². The van der Waals surface area contributed by atoms with E-state index in [4.69, 9.17) is 4.74 Å². The number of rotatable bonds is 5. The van der Waals surface area contributed by atoms with Gasteiger partial charge in [-0.05, 0) is 30.9 Å². The van der Waals surface area contributed by atoms with Gasteiger partial charge in [-0.3, -0.25) is 4.79 Å². The molecule has 7 heteroatoms. The minimum atomic E-state index is 0.0820. The quantitative estimate of drug-likeness (QED) is 0.738. The number of fused-ring (bicyclic) bond motifs is 1. The van der Waals surface area contributed by atoms with Crippen molar-refractivity contribution in [1.82, 2.24) is 19.9 Å². The van der Waals surface area contributed by atoms with Gasteiger partial charge in [-0.25, -0.2) is 9.97 Å². The number of nitrogens with one attached hydrogen (secondary N) is 1. The van der Waals surface area contributed by atoms with E-state index in [1.807, 2.05) is 42.3 Å². The van der Waals surface area contributed by atoms with Crippen LogP contribution in [0.5, 0.6) is 5.88 Å². The molecule has 28 heavy (non-hydrogen) atoms. The minimum Gasteiger partial charge on any atom is -0.478 e. The van der Waals surface area contributed by atoms with Crippen LogP contribution in [0.3, 0.4) is 0 Å². The fraction of sp³-hybridized carbons (Fsp3) is 0.381. The summed E-state index contributed by atoms with van der Waals surface area (Å²) in [5.74, 6) is 1.88. The molecule has 1 aliphatic heterocycles. The number of amides is 1. The Kier molecular flexibility index (Phi) is 5.14. The number of H-pyrrole nitrogens is 1. The van der Waals surface area contributed by atoms with E-state index in [-0.39, 0.29) is 5.91 Å². The first-order chi connectivity index (χ1) is 13.7. The molecule has 0 aliphatic carbocycles. The van der Waals surface area contributed by atoms with Crippen molar-refractivity contribution in [2.45, 2.75) is 12.8 Å². The first kappa shape index (κ1) is 18.3. The summed E-state index contributed by atoms with van der Waals surface area (Å²) in [6.07, 6.45) is 5.25. The van der Waals surface area contributed by atoms with Crippen molar-refractivity contribution in [3.8, 4) is 5.88 Å². The monoisotopic (exact) mass is 379 g/mol. The largest absolute Gasteiger partial charge is 0.478 e. The topological polar surface area (TPSA) is 74.4 Å². The van der Waals surface area contributed by atoms with Crippen LogP contribution < -0.4 is 9.64 Å². The molecule has 1 aliphatic rings. The Morgan fingerprint density at radius 3 is 2.75 bits per heavy atom. The zero-order chi connectivity index (χ0) is 19.5. The first-order valence-electron chi connectivity index (χ1n) is 9.59. The molecular formula is C21H25N5O2. The molecule has 0 radical (unpaired) electrons. The smallest absolute Gasteiger partial charge is 0.270 e. The number of anilines is 1. The number of carbonyl (C=O) groups is 1. The van der Waals surface area contributed by atoms with Gasteiger partial charge in [0.2, 0.25) is 0 Å². The fourth-order valence-corrected chi connectivity index (χ4v) is 3.88. The van der Waals surface area contributed by atoms with Gasteiger partial charge >= 0.3 is 0 Å². The van der Waals surface area contributed by atoms with Crippen LogP contribution in [-0.2, 0) is 0 Å². The maximum Gasteiger partial charge on any atom is 0.270 e. The van der Waals surface area contributed by atoms with Gasteiger partial charge in [-0.15, -0.1) is 0 Å². The van der Waals surface area contributed by atoms with Gasteiger partial charge in [-0.2, -0.15) is 0 Å². The molecule has 0 spiro atoms. The number of para-hydroxylation sites is 1. The Hall–Kier alpha value is -3.09. The summed E-state index contributed by atoms with van der Waals surface area (Å²) in [4.78, 5) is 28.7. The minimum absolute atomic E-state index is 0.0820. The number of piperidine rings is 1. The van der Waals surface area contributed by atoms with Crippen molar-refractivity contribution in [1.29, 1.82) is 0 Å². The molecule has 7 nitrogen and oxygen atoms in total. The predicted molar refractivity (Wildman–Crippen MR) is 109 cm³/mol. The lowest BCUT2D eigenvalue weighted by Gasteiger charge is -2.34. The SMILES string of the molecule is COc1nccnc1N(C)CC1CCN(C(=O)c2cc3ccccc3[nH]2)CC1. The summed E-state index contributed by atoms with van der Waals surface area (Å²) in [5.41, 5.74) is 1.67. The van der Waals surface area contributed by atoms with E-state index in [0.717, 1.165) is 49.2 Å². The molecule has 1 fully saturated rings. The zero-order valence-electron chi connectivity index (χ0n) is 16.3. The second-order valence-electron chi connectivity index (χ2n) is 7.28. The normalized spacial score (nSPS) is 15.0. The van der Waals surface area contributed by atoms with Crippen LogP contribution in [-0.4, -0.2) is 59.6 Å². The third-order valence-corrected chi connectivity index (χ3v) is 5.40. The van der Waals surface area contributed by atoms with Crippen molar-refractivity contribution in [2.75, 3.05) is 38.7 Å². The van der Waals surface area contributed by atoms with Gasteiger partial charge in [0.05, 0.1) is 7.11 Å². The van der Waals surface area contributed by atoms with Crippen molar-refractivity contribution in [2.24, 2.45) is 5.92 Å². The van der Waals surface area contributed by atoms with Crippen molar-refractivity contribution >= 4 is 22.6 Å². The lowest BCUT2D eigenvalue weighted by molar-refractivity contribution is 0.0688. The number of nitrogens with zero attached hydrogens (tertiary/aromatic N) is 4. The van der Waals surface area contributed by atoms with Crippen LogP contribution in [0.25, 0.3) is 10.9 Å².